The highest BCUT2D eigenvalue weighted by Gasteiger charge is 2.02. The summed E-state index contributed by atoms with van der Waals surface area (Å²) >= 11 is 0. The number of hydrogen-bond donors (Lipinski definition) is 2. The predicted molar refractivity (Wildman–Crippen MR) is 81.0 cm³/mol. The third kappa shape index (κ3) is 13.8. The number of hydrogen-bond acceptors (Lipinski definition) is 4. The number of ether oxygens (including phenoxy) is 1. The molecule has 6 nitrogen and oxygen atoms in total. The second-order valence-electron chi connectivity index (χ2n) is 3.25. The second kappa shape index (κ2) is 11.0. The number of nitrogens with zero attached hydrogens (tertiary/aromatic N) is 1. The van der Waals surface area contributed by atoms with Crippen molar-refractivity contribution in [2.24, 2.45) is 4.99 Å². The number of guanidine groups is 1. The molecule has 0 unspecified atom stereocenters. The molecule has 0 fully saturated rings. The fourth-order valence-corrected chi connectivity index (χ4v) is 1.43. The third-order valence-electron chi connectivity index (χ3n) is 1.73. The summed E-state index contributed by atoms with van der Waals surface area (Å²) in [6, 6.07) is 0. The van der Waals surface area contributed by atoms with Crippen molar-refractivity contribution in [3.8, 4) is 0 Å². The van der Waals surface area contributed by atoms with E-state index in [1.54, 1.807) is 7.05 Å². The van der Waals surface area contributed by atoms with Gasteiger partial charge in [0.1, 0.15) is 9.84 Å². The largest absolute Gasteiger partial charge is 0.380 e. The van der Waals surface area contributed by atoms with Crippen molar-refractivity contribution in [2.45, 2.75) is 6.92 Å². The van der Waals surface area contributed by atoms with E-state index in [9.17, 15) is 8.42 Å². The summed E-state index contributed by atoms with van der Waals surface area (Å²) in [7, 11) is -1.29. The van der Waals surface area contributed by atoms with Gasteiger partial charge in [0.2, 0.25) is 0 Å². The Morgan fingerprint density at radius 3 is 2.35 bits per heavy atom. The molecule has 0 saturated heterocycles. The van der Waals surface area contributed by atoms with Crippen LogP contribution in [0.15, 0.2) is 4.99 Å². The molecule has 0 aromatic rings. The summed E-state index contributed by atoms with van der Waals surface area (Å²) in [4.78, 5) is 3.95. The fourth-order valence-electron chi connectivity index (χ4n) is 0.961. The Morgan fingerprint density at radius 2 is 1.88 bits per heavy atom. The van der Waals surface area contributed by atoms with Gasteiger partial charge in [0.05, 0.1) is 12.4 Å². The molecule has 0 amide bonds. The first-order valence-corrected chi connectivity index (χ1v) is 7.25. The Kier molecular flexibility index (Phi) is 12.5. The quantitative estimate of drug-likeness (QED) is 0.278. The van der Waals surface area contributed by atoms with E-state index in [-0.39, 0.29) is 29.7 Å². The third-order valence-corrected chi connectivity index (χ3v) is 2.68. The first kappa shape index (κ1) is 19.3. The summed E-state index contributed by atoms with van der Waals surface area (Å²) in [6.45, 7) is 4.21. The zero-order valence-electron chi connectivity index (χ0n) is 10.5. The molecule has 0 aromatic carbocycles. The molecule has 0 radical (unpaired) electrons. The number of halogens is 1. The van der Waals surface area contributed by atoms with Crippen molar-refractivity contribution in [3.63, 3.8) is 0 Å². The zero-order chi connectivity index (χ0) is 12.4. The van der Waals surface area contributed by atoms with Crippen LogP contribution >= 0.6 is 24.0 Å². The smallest absolute Gasteiger partial charge is 0.191 e. The SMILES string of the molecule is CCOCCNC(=NC)NCCS(C)(=O)=O.I. The Hall–Kier alpha value is -0.0900. The minimum atomic E-state index is -2.93. The lowest BCUT2D eigenvalue weighted by atomic mass is 10.6. The molecular formula is C9H22IN3O3S. The van der Waals surface area contributed by atoms with Gasteiger partial charge in [-0.05, 0) is 6.92 Å². The van der Waals surface area contributed by atoms with E-state index in [1.165, 1.54) is 6.26 Å². The lowest BCUT2D eigenvalue weighted by Gasteiger charge is -2.11. The normalized spacial score (nSPS) is 11.8. The summed E-state index contributed by atoms with van der Waals surface area (Å²) in [5.74, 6) is 0.683. The van der Waals surface area contributed by atoms with E-state index in [0.717, 1.165) is 0 Å². The molecule has 0 rings (SSSR count). The van der Waals surface area contributed by atoms with Crippen LogP contribution in [0.4, 0.5) is 0 Å². The van der Waals surface area contributed by atoms with Crippen molar-refractivity contribution in [2.75, 3.05) is 45.4 Å². The Morgan fingerprint density at radius 1 is 1.29 bits per heavy atom. The van der Waals surface area contributed by atoms with Crippen LogP contribution < -0.4 is 10.6 Å². The van der Waals surface area contributed by atoms with Gasteiger partial charge in [0.25, 0.3) is 0 Å². The fraction of sp³-hybridized carbons (Fsp3) is 0.889. The van der Waals surface area contributed by atoms with Gasteiger partial charge in [-0.25, -0.2) is 8.42 Å². The minimum absolute atomic E-state index is 0. The molecule has 0 aromatic heterocycles. The lowest BCUT2D eigenvalue weighted by molar-refractivity contribution is 0.152. The van der Waals surface area contributed by atoms with Gasteiger partial charge < -0.3 is 15.4 Å². The summed E-state index contributed by atoms with van der Waals surface area (Å²) in [5, 5.41) is 5.92. The molecule has 104 valence electrons. The highest BCUT2D eigenvalue weighted by molar-refractivity contribution is 14.0. The number of aliphatic imine (C=N–C) groups is 1. The van der Waals surface area contributed by atoms with Gasteiger partial charge in [-0.2, -0.15) is 0 Å². The van der Waals surface area contributed by atoms with Crippen LogP contribution in [0, 0.1) is 0 Å². The van der Waals surface area contributed by atoms with Gasteiger partial charge in [0.15, 0.2) is 5.96 Å². The minimum Gasteiger partial charge on any atom is -0.380 e. The highest BCUT2D eigenvalue weighted by Crippen LogP contribution is 1.80. The van der Waals surface area contributed by atoms with Gasteiger partial charge >= 0.3 is 0 Å². The molecule has 0 atom stereocenters. The molecule has 17 heavy (non-hydrogen) atoms. The van der Waals surface area contributed by atoms with Crippen LogP contribution in [0.2, 0.25) is 0 Å². The highest BCUT2D eigenvalue weighted by atomic mass is 127. The van der Waals surface area contributed by atoms with Gasteiger partial charge in [0, 0.05) is 33.0 Å². The predicted octanol–water partition coefficient (Wildman–Crippen LogP) is -0.149. The molecule has 0 aliphatic carbocycles. The average molecular weight is 379 g/mol. The van der Waals surface area contributed by atoms with Crippen molar-refractivity contribution in [1.82, 2.24) is 10.6 Å². The van der Waals surface area contributed by atoms with Gasteiger partial charge in [-0.15, -0.1) is 24.0 Å². The standard InChI is InChI=1S/C9H21N3O3S.HI/c1-4-15-7-5-11-9(10-2)12-6-8-16(3,13)14;/h4-8H2,1-3H3,(H2,10,11,12);1H. The zero-order valence-corrected chi connectivity index (χ0v) is 13.7. The van der Waals surface area contributed by atoms with E-state index < -0.39 is 9.84 Å². The lowest BCUT2D eigenvalue weighted by Crippen LogP contribution is -2.40. The van der Waals surface area contributed by atoms with E-state index in [4.69, 9.17) is 4.74 Å². The van der Waals surface area contributed by atoms with Crippen molar-refractivity contribution >= 4 is 39.8 Å². The summed E-state index contributed by atoms with van der Waals surface area (Å²) < 4.78 is 26.9. The van der Waals surface area contributed by atoms with Crippen LogP contribution in [0.5, 0.6) is 0 Å². The molecule has 8 heteroatoms. The Bertz CT molecular complexity index is 307. The van der Waals surface area contributed by atoms with E-state index in [1.807, 2.05) is 6.92 Å². The molecule has 0 heterocycles. The summed E-state index contributed by atoms with van der Waals surface area (Å²) in [6.07, 6.45) is 1.21. The Labute approximate surface area is 121 Å². The average Bonchev–Trinajstić information content (AvgIpc) is 2.20. The second-order valence-corrected chi connectivity index (χ2v) is 5.51. The Balaban J connectivity index is 0. The molecule has 0 saturated carbocycles. The van der Waals surface area contributed by atoms with Crippen LogP contribution in [0.25, 0.3) is 0 Å². The first-order chi connectivity index (χ1) is 7.49. The number of rotatable bonds is 7. The maximum absolute atomic E-state index is 10.9. The maximum Gasteiger partial charge on any atom is 0.191 e. The van der Waals surface area contributed by atoms with Gasteiger partial charge in [-0.1, -0.05) is 0 Å². The van der Waals surface area contributed by atoms with Crippen molar-refractivity contribution in [3.05, 3.63) is 0 Å². The first-order valence-electron chi connectivity index (χ1n) is 5.19. The summed E-state index contributed by atoms with van der Waals surface area (Å²) in [5.41, 5.74) is 0. The van der Waals surface area contributed by atoms with Crippen molar-refractivity contribution < 1.29 is 13.2 Å². The molecule has 0 bridgehead atoms. The molecule has 0 aliphatic heterocycles. The van der Waals surface area contributed by atoms with Crippen LogP contribution in [-0.2, 0) is 14.6 Å². The van der Waals surface area contributed by atoms with Crippen LogP contribution in [0.1, 0.15) is 6.92 Å². The van der Waals surface area contributed by atoms with Crippen molar-refractivity contribution in [1.29, 1.82) is 0 Å². The van der Waals surface area contributed by atoms with E-state index >= 15 is 0 Å². The van der Waals surface area contributed by atoms with E-state index in [2.05, 4.69) is 15.6 Å². The number of sulfone groups is 1. The molecule has 2 N–H and O–H groups in total. The van der Waals surface area contributed by atoms with Gasteiger partial charge in [-0.3, -0.25) is 4.99 Å². The van der Waals surface area contributed by atoms with Crippen LogP contribution in [-0.4, -0.2) is 59.7 Å². The maximum atomic E-state index is 10.9. The number of nitrogens with one attached hydrogen (secondary N) is 2. The molecular weight excluding hydrogens is 357 g/mol. The topological polar surface area (TPSA) is 79.8 Å². The molecule has 0 aliphatic rings. The molecule has 0 spiro atoms. The van der Waals surface area contributed by atoms with Crippen LogP contribution in [0.3, 0.4) is 0 Å². The monoisotopic (exact) mass is 379 g/mol. The van der Waals surface area contributed by atoms with E-state index in [0.29, 0.717) is 32.3 Å².